The third-order valence-corrected chi connectivity index (χ3v) is 2.53. The summed E-state index contributed by atoms with van der Waals surface area (Å²) >= 11 is 1.46. The van der Waals surface area contributed by atoms with E-state index in [9.17, 15) is 4.79 Å². The summed E-state index contributed by atoms with van der Waals surface area (Å²) in [5.74, 6) is 0. The average molecular weight is 225 g/mol. The molecule has 0 saturated carbocycles. The molecule has 0 aromatic carbocycles. The van der Waals surface area contributed by atoms with Gasteiger partial charge in [-0.1, -0.05) is 20.4 Å². The van der Waals surface area contributed by atoms with E-state index in [1.807, 2.05) is 44.3 Å². The zero-order chi connectivity index (χ0) is 11.8. The van der Waals surface area contributed by atoms with Crippen LogP contribution in [0.1, 0.15) is 29.1 Å². The van der Waals surface area contributed by atoms with Gasteiger partial charge in [0.2, 0.25) is 0 Å². The molecule has 84 valence electrons. The van der Waals surface area contributed by atoms with Gasteiger partial charge < -0.3 is 4.90 Å². The van der Waals surface area contributed by atoms with E-state index in [-0.39, 0.29) is 0 Å². The smallest absolute Gasteiger partial charge is 0.160 e. The maximum atomic E-state index is 10.6. The minimum atomic E-state index is 0.770. The minimum Gasteiger partial charge on any atom is -0.305 e. The van der Waals surface area contributed by atoms with Crippen molar-refractivity contribution in [1.82, 2.24) is 4.90 Å². The summed E-state index contributed by atoms with van der Waals surface area (Å²) in [6, 6.07) is 1.94. The van der Waals surface area contributed by atoms with Crippen LogP contribution in [0.5, 0.6) is 0 Å². The quantitative estimate of drug-likeness (QED) is 0.734. The first-order chi connectivity index (χ1) is 7.15. The van der Waals surface area contributed by atoms with E-state index in [4.69, 9.17) is 0 Å². The van der Waals surface area contributed by atoms with E-state index < -0.39 is 0 Å². The van der Waals surface area contributed by atoms with Crippen LogP contribution in [0.3, 0.4) is 0 Å². The number of aldehydes is 1. The molecule has 0 spiro atoms. The van der Waals surface area contributed by atoms with Crippen molar-refractivity contribution in [3.8, 4) is 0 Å². The van der Waals surface area contributed by atoms with Crippen LogP contribution in [-0.2, 0) is 0 Å². The number of nitrogens with zero attached hydrogens (tertiary/aromatic N) is 1. The molecule has 0 radical (unpaired) electrons. The van der Waals surface area contributed by atoms with Crippen LogP contribution < -0.4 is 0 Å². The summed E-state index contributed by atoms with van der Waals surface area (Å²) in [7, 11) is 3.97. The molecule has 1 aromatic rings. The summed E-state index contributed by atoms with van der Waals surface area (Å²) < 4.78 is 0. The predicted octanol–water partition coefficient (Wildman–Crippen LogP) is 3.16. The highest BCUT2D eigenvalue weighted by Gasteiger charge is 2.07. The molecular formula is C12H19NOS. The Hall–Kier alpha value is -0.930. The molecule has 1 rings (SSSR count). The molecule has 2 nitrogen and oxygen atoms in total. The lowest BCUT2D eigenvalue weighted by atomic mass is 10.1. The zero-order valence-corrected chi connectivity index (χ0v) is 10.7. The lowest BCUT2D eigenvalue weighted by Gasteiger charge is -2.11. The molecule has 3 heteroatoms. The SMILES string of the molecule is C=C(CN(C)C)c1ccsc1C=O.CC. The van der Waals surface area contributed by atoms with Crippen LogP contribution in [0, 0.1) is 0 Å². The Balaban J connectivity index is 0.000000921. The Kier molecular flexibility index (Phi) is 6.92. The molecule has 0 N–H and O–H groups in total. The Labute approximate surface area is 96.2 Å². The summed E-state index contributed by atoms with van der Waals surface area (Å²) in [5, 5.41) is 1.92. The van der Waals surface area contributed by atoms with Gasteiger partial charge in [0.15, 0.2) is 6.29 Å². The molecule has 0 amide bonds. The molecule has 0 fully saturated rings. The predicted molar refractivity (Wildman–Crippen MR) is 68.6 cm³/mol. The third kappa shape index (κ3) is 4.40. The van der Waals surface area contributed by atoms with Crippen molar-refractivity contribution in [2.75, 3.05) is 20.6 Å². The lowest BCUT2D eigenvalue weighted by Crippen LogP contribution is -2.14. The van der Waals surface area contributed by atoms with Crippen LogP contribution >= 0.6 is 11.3 Å². The number of likely N-dealkylation sites (N-methyl/N-ethyl adjacent to an activating group) is 1. The molecule has 0 aliphatic rings. The first-order valence-electron chi connectivity index (χ1n) is 5.00. The maximum Gasteiger partial charge on any atom is 0.160 e. The first kappa shape index (κ1) is 14.1. The average Bonchev–Trinajstić information content (AvgIpc) is 2.67. The van der Waals surface area contributed by atoms with Gasteiger partial charge in [0.25, 0.3) is 0 Å². The number of carbonyl (C=O) groups excluding carboxylic acids is 1. The van der Waals surface area contributed by atoms with Crippen molar-refractivity contribution in [3.63, 3.8) is 0 Å². The number of rotatable bonds is 4. The molecule has 0 bridgehead atoms. The second kappa shape index (κ2) is 7.37. The van der Waals surface area contributed by atoms with Crippen molar-refractivity contribution in [2.45, 2.75) is 13.8 Å². The monoisotopic (exact) mass is 225 g/mol. The van der Waals surface area contributed by atoms with Gasteiger partial charge in [0.1, 0.15) is 0 Å². The van der Waals surface area contributed by atoms with Crippen LogP contribution in [-0.4, -0.2) is 31.8 Å². The van der Waals surface area contributed by atoms with Crippen LogP contribution in [0.15, 0.2) is 18.0 Å². The highest BCUT2D eigenvalue weighted by molar-refractivity contribution is 7.12. The number of hydrogen-bond donors (Lipinski definition) is 0. The molecule has 0 aliphatic heterocycles. The fraction of sp³-hybridized carbons (Fsp3) is 0.417. The van der Waals surface area contributed by atoms with Crippen LogP contribution in [0.2, 0.25) is 0 Å². The minimum absolute atomic E-state index is 0.770. The van der Waals surface area contributed by atoms with Gasteiger partial charge >= 0.3 is 0 Å². The van der Waals surface area contributed by atoms with Gasteiger partial charge in [-0.3, -0.25) is 4.79 Å². The molecule has 1 heterocycles. The Morgan fingerprint density at radius 1 is 1.53 bits per heavy atom. The van der Waals surface area contributed by atoms with Crippen LogP contribution in [0.25, 0.3) is 5.57 Å². The fourth-order valence-corrected chi connectivity index (χ4v) is 1.92. The van der Waals surface area contributed by atoms with E-state index in [2.05, 4.69) is 6.58 Å². The Morgan fingerprint density at radius 2 is 2.13 bits per heavy atom. The highest BCUT2D eigenvalue weighted by atomic mass is 32.1. The van der Waals surface area contributed by atoms with Gasteiger partial charge in [-0.2, -0.15) is 0 Å². The summed E-state index contributed by atoms with van der Waals surface area (Å²) in [6.45, 7) is 8.74. The maximum absolute atomic E-state index is 10.6. The van der Waals surface area contributed by atoms with Crippen molar-refractivity contribution in [3.05, 3.63) is 28.5 Å². The molecule has 0 saturated heterocycles. The van der Waals surface area contributed by atoms with E-state index in [0.717, 1.165) is 28.8 Å². The van der Waals surface area contributed by atoms with E-state index >= 15 is 0 Å². The number of thiophene rings is 1. The Morgan fingerprint density at radius 3 is 2.60 bits per heavy atom. The molecular weight excluding hydrogens is 206 g/mol. The van der Waals surface area contributed by atoms with Gasteiger partial charge in [0.05, 0.1) is 4.88 Å². The summed E-state index contributed by atoms with van der Waals surface area (Å²) in [5.41, 5.74) is 1.97. The lowest BCUT2D eigenvalue weighted by molar-refractivity contribution is 0.112. The first-order valence-corrected chi connectivity index (χ1v) is 5.88. The van der Waals surface area contributed by atoms with Crippen molar-refractivity contribution < 1.29 is 4.79 Å². The van der Waals surface area contributed by atoms with E-state index in [1.165, 1.54) is 11.3 Å². The summed E-state index contributed by atoms with van der Waals surface area (Å²) in [4.78, 5) is 13.4. The van der Waals surface area contributed by atoms with Gasteiger partial charge in [-0.15, -0.1) is 11.3 Å². The molecule has 0 aliphatic carbocycles. The van der Waals surface area contributed by atoms with E-state index in [1.54, 1.807) is 0 Å². The molecule has 1 aromatic heterocycles. The standard InChI is InChI=1S/C10H13NOS.C2H6/c1-8(6-11(2)3)9-4-5-13-10(9)7-12;1-2/h4-5,7H,1,6H2,2-3H3;1-2H3. The van der Waals surface area contributed by atoms with Gasteiger partial charge in [-0.25, -0.2) is 0 Å². The number of hydrogen-bond acceptors (Lipinski definition) is 3. The van der Waals surface area contributed by atoms with Gasteiger partial charge in [-0.05, 0) is 36.7 Å². The second-order valence-corrected chi connectivity index (χ2v) is 4.11. The fourth-order valence-electron chi connectivity index (χ4n) is 1.17. The second-order valence-electron chi connectivity index (χ2n) is 3.16. The number of carbonyl (C=O) groups is 1. The highest BCUT2D eigenvalue weighted by Crippen LogP contribution is 2.21. The van der Waals surface area contributed by atoms with Crippen LogP contribution in [0.4, 0.5) is 0 Å². The zero-order valence-electron chi connectivity index (χ0n) is 9.91. The van der Waals surface area contributed by atoms with Crippen molar-refractivity contribution in [1.29, 1.82) is 0 Å². The molecule has 0 atom stereocenters. The Bertz CT molecular complexity index is 315. The summed E-state index contributed by atoms with van der Waals surface area (Å²) in [6.07, 6.45) is 0.890. The molecule has 15 heavy (non-hydrogen) atoms. The largest absolute Gasteiger partial charge is 0.305 e. The normalized spacial score (nSPS) is 9.40. The van der Waals surface area contributed by atoms with E-state index in [0.29, 0.717) is 0 Å². The van der Waals surface area contributed by atoms with Gasteiger partial charge in [0, 0.05) is 6.54 Å². The van der Waals surface area contributed by atoms with Crippen molar-refractivity contribution in [2.24, 2.45) is 0 Å². The topological polar surface area (TPSA) is 20.3 Å². The van der Waals surface area contributed by atoms with Crippen molar-refractivity contribution >= 4 is 23.2 Å². The molecule has 0 unspecified atom stereocenters. The third-order valence-electron chi connectivity index (χ3n) is 1.69.